The third kappa shape index (κ3) is 1.97. The molecule has 1 heterocycles. The fourth-order valence-corrected chi connectivity index (χ4v) is 4.36. The molecule has 4 rings (SSSR count). The van der Waals surface area contributed by atoms with E-state index in [9.17, 15) is 23.4 Å². The van der Waals surface area contributed by atoms with Gasteiger partial charge in [0.25, 0.3) is 0 Å². The van der Waals surface area contributed by atoms with Crippen molar-refractivity contribution in [2.24, 2.45) is 0 Å². The first-order valence-corrected chi connectivity index (χ1v) is 8.21. The van der Waals surface area contributed by atoms with Crippen LogP contribution in [0.4, 0.5) is 13.2 Å². The lowest BCUT2D eigenvalue weighted by Crippen LogP contribution is -2.07. The van der Waals surface area contributed by atoms with Crippen molar-refractivity contribution in [1.29, 1.82) is 0 Å². The summed E-state index contributed by atoms with van der Waals surface area (Å²) in [7, 11) is 0. The number of aromatic hydroxyl groups is 2. The topological polar surface area (TPSA) is 45.4 Å². The summed E-state index contributed by atoms with van der Waals surface area (Å²) in [6.45, 7) is 1.96. The Labute approximate surface area is 144 Å². The highest BCUT2D eigenvalue weighted by Gasteiger charge is 2.44. The van der Waals surface area contributed by atoms with E-state index in [0.29, 0.717) is 11.1 Å². The molecule has 1 aromatic carbocycles. The molecular weight excluding hydrogens is 387 g/mol. The summed E-state index contributed by atoms with van der Waals surface area (Å²) in [6, 6.07) is 3.61. The molecule has 0 fully saturated rings. The Morgan fingerprint density at radius 2 is 1.83 bits per heavy atom. The molecule has 3 nitrogen and oxygen atoms in total. The maximum absolute atomic E-state index is 13.1. The molecule has 2 bridgehead atoms. The van der Waals surface area contributed by atoms with Crippen LogP contribution in [0.3, 0.4) is 0 Å². The van der Waals surface area contributed by atoms with Crippen molar-refractivity contribution in [3.8, 4) is 17.4 Å². The van der Waals surface area contributed by atoms with E-state index in [1.807, 2.05) is 13.0 Å². The van der Waals surface area contributed by atoms with Crippen LogP contribution in [0, 0.1) is 0 Å². The highest BCUT2D eigenvalue weighted by Crippen LogP contribution is 2.59. The van der Waals surface area contributed by atoms with Crippen LogP contribution in [-0.2, 0) is 6.18 Å². The number of hydrogen-bond donors (Lipinski definition) is 2. The van der Waals surface area contributed by atoms with Crippen LogP contribution in [0.15, 0.2) is 34.3 Å². The van der Waals surface area contributed by atoms with E-state index in [0.717, 1.165) is 22.6 Å². The van der Waals surface area contributed by atoms with Gasteiger partial charge in [-0.25, -0.2) is 0 Å². The average Bonchev–Trinajstić information content (AvgIpc) is 3.10. The Bertz CT molecular complexity index is 898. The van der Waals surface area contributed by atoms with Gasteiger partial charge in [-0.1, -0.05) is 27.6 Å². The standard InChI is InChI=1S/C17H13BrF3NO2/c1-7-4-8-5-10(7)14-13(8)15(23)22(16(14)24)9-2-3-12(18)11(6-9)17(19,20)21/h2-4,6,8,10,23-24H,5H2,1H3/t8-,10-/m1/s1. The van der Waals surface area contributed by atoms with E-state index >= 15 is 0 Å². The molecule has 2 aromatic rings. The quantitative estimate of drug-likeness (QED) is 0.647. The molecular formula is C17H13BrF3NO2. The van der Waals surface area contributed by atoms with Gasteiger partial charge in [0.05, 0.1) is 11.3 Å². The lowest BCUT2D eigenvalue weighted by molar-refractivity contribution is -0.138. The van der Waals surface area contributed by atoms with Crippen molar-refractivity contribution in [1.82, 2.24) is 4.57 Å². The first-order valence-electron chi connectivity index (χ1n) is 7.42. The fraction of sp³-hybridized carbons (Fsp3) is 0.294. The van der Waals surface area contributed by atoms with Gasteiger partial charge in [-0.15, -0.1) is 0 Å². The molecule has 0 amide bonds. The van der Waals surface area contributed by atoms with E-state index in [-0.39, 0.29) is 33.8 Å². The number of rotatable bonds is 1. The van der Waals surface area contributed by atoms with Gasteiger partial charge in [0.2, 0.25) is 11.8 Å². The number of hydrogen-bond acceptors (Lipinski definition) is 2. The summed E-state index contributed by atoms with van der Waals surface area (Å²) in [6.07, 6.45) is -1.70. The van der Waals surface area contributed by atoms with Crippen LogP contribution >= 0.6 is 15.9 Å². The molecule has 0 unspecified atom stereocenters. The minimum absolute atomic E-state index is 0.00897. The summed E-state index contributed by atoms with van der Waals surface area (Å²) in [5.74, 6) is -0.337. The molecule has 7 heteroatoms. The zero-order valence-electron chi connectivity index (χ0n) is 12.5. The summed E-state index contributed by atoms with van der Waals surface area (Å²) >= 11 is 2.89. The van der Waals surface area contributed by atoms with Gasteiger partial charge in [0.1, 0.15) is 0 Å². The van der Waals surface area contributed by atoms with Crippen LogP contribution in [0.1, 0.15) is 41.9 Å². The minimum Gasteiger partial charge on any atom is -0.494 e. The van der Waals surface area contributed by atoms with Gasteiger partial charge >= 0.3 is 6.18 Å². The summed E-state index contributed by atoms with van der Waals surface area (Å²) in [4.78, 5) is 0. The molecule has 24 heavy (non-hydrogen) atoms. The van der Waals surface area contributed by atoms with Crippen molar-refractivity contribution in [3.63, 3.8) is 0 Å². The van der Waals surface area contributed by atoms with Crippen molar-refractivity contribution < 1.29 is 23.4 Å². The van der Waals surface area contributed by atoms with E-state index in [4.69, 9.17) is 0 Å². The van der Waals surface area contributed by atoms with Gasteiger partial charge < -0.3 is 10.2 Å². The van der Waals surface area contributed by atoms with Gasteiger partial charge in [0.15, 0.2) is 0 Å². The Morgan fingerprint density at radius 3 is 2.50 bits per heavy atom. The largest absolute Gasteiger partial charge is 0.494 e. The monoisotopic (exact) mass is 399 g/mol. The molecule has 2 atom stereocenters. The number of aromatic nitrogens is 1. The highest BCUT2D eigenvalue weighted by atomic mass is 79.9. The van der Waals surface area contributed by atoms with E-state index in [2.05, 4.69) is 15.9 Å². The molecule has 0 spiro atoms. The smallest absolute Gasteiger partial charge is 0.417 e. The first kappa shape index (κ1) is 15.6. The third-order valence-corrected chi connectivity index (χ3v) is 5.62. The van der Waals surface area contributed by atoms with Crippen LogP contribution in [0.5, 0.6) is 11.8 Å². The molecule has 0 saturated heterocycles. The highest BCUT2D eigenvalue weighted by molar-refractivity contribution is 9.10. The van der Waals surface area contributed by atoms with Crippen LogP contribution in [-0.4, -0.2) is 14.8 Å². The molecule has 0 saturated carbocycles. The molecule has 2 aliphatic rings. The van der Waals surface area contributed by atoms with Gasteiger partial charge in [0, 0.05) is 27.4 Å². The van der Waals surface area contributed by atoms with Crippen LogP contribution in [0.2, 0.25) is 0 Å². The number of benzene rings is 1. The molecule has 0 aliphatic heterocycles. The Morgan fingerprint density at radius 1 is 1.17 bits per heavy atom. The Balaban J connectivity index is 1.91. The van der Waals surface area contributed by atoms with E-state index in [1.165, 1.54) is 12.1 Å². The van der Waals surface area contributed by atoms with Gasteiger partial charge in [-0.3, -0.25) is 4.57 Å². The maximum atomic E-state index is 13.1. The lowest BCUT2D eigenvalue weighted by Gasteiger charge is -2.14. The van der Waals surface area contributed by atoms with Crippen LogP contribution in [0.25, 0.3) is 5.69 Å². The SMILES string of the molecule is CC1=C[C@@H]2C[C@H]1c1c2c(O)n(-c2ccc(Br)c(C(F)(F)F)c2)c1O. The number of halogens is 4. The van der Waals surface area contributed by atoms with Gasteiger partial charge in [-0.05, 0) is 31.5 Å². The van der Waals surface area contributed by atoms with Crippen molar-refractivity contribution in [2.45, 2.75) is 31.4 Å². The Kier molecular flexibility index (Phi) is 3.13. The number of fused-ring (bicyclic) bond motifs is 5. The van der Waals surface area contributed by atoms with Gasteiger partial charge in [-0.2, -0.15) is 13.2 Å². The number of alkyl halides is 3. The number of allylic oxidation sites excluding steroid dienone is 2. The molecule has 1 aromatic heterocycles. The number of nitrogens with zero attached hydrogens (tertiary/aromatic N) is 1. The fourth-order valence-electron chi connectivity index (χ4n) is 3.89. The second-order valence-electron chi connectivity index (χ2n) is 6.28. The van der Waals surface area contributed by atoms with Crippen molar-refractivity contribution >= 4 is 15.9 Å². The minimum atomic E-state index is -4.53. The van der Waals surface area contributed by atoms with Crippen molar-refractivity contribution in [2.75, 3.05) is 0 Å². The zero-order chi connectivity index (χ0) is 17.4. The first-order chi connectivity index (χ1) is 11.2. The third-order valence-electron chi connectivity index (χ3n) is 4.93. The predicted octanol–water partition coefficient (Wildman–Crippen LogP) is 5.20. The summed E-state index contributed by atoms with van der Waals surface area (Å²) in [5.41, 5.74) is 1.59. The maximum Gasteiger partial charge on any atom is 0.417 e. The second-order valence-corrected chi connectivity index (χ2v) is 7.13. The normalized spacial score (nSPS) is 22.0. The Hall–Kier alpha value is -1.89. The van der Waals surface area contributed by atoms with Crippen molar-refractivity contribution in [3.05, 3.63) is 51.0 Å². The molecule has 2 N–H and O–H groups in total. The van der Waals surface area contributed by atoms with E-state index < -0.39 is 11.7 Å². The molecule has 2 aliphatic carbocycles. The van der Waals surface area contributed by atoms with Crippen LogP contribution < -0.4 is 0 Å². The van der Waals surface area contributed by atoms with E-state index in [1.54, 1.807) is 0 Å². The zero-order valence-corrected chi connectivity index (χ0v) is 14.1. The predicted molar refractivity (Wildman–Crippen MR) is 85.7 cm³/mol. The molecule has 126 valence electrons. The average molecular weight is 400 g/mol. The summed E-state index contributed by atoms with van der Waals surface area (Å²) in [5, 5.41) is 21.1. The molecule has 0 radical (unpaired) electrons. The summed E-state index contributed by atoms with van der Waals surface area (Å²) < 4.78 is 40.4. The second kappa shape index (κ2) is 4.81. The lowest BCUT2D eigenvalue weighted by atomic mass is 9.95.